The summed E-state index contributed by atoms with van der Waals surface area (Å²) in [6.07, 6.45) is 0.128. The normalized spacial score (nSPS) is 10.7. The monoisotopic (exact) mass is 440 g/mol. The molecule has 0 atom stereocenters. The molecule has 3 aromatic carbocycles. The van der Waals surface area contributed by atoms with Gasteiger partial charge in [-0.1, -0.05) is 60.7 Å². The van der Waals surface area contributed by atoms with E-state index in [4.69, 9.17) is 0 Å². The average Bonchev–Trinajstić information content (AvgIpc) is 2.85. The number of para-hydroxylation sites is 1. The lowest BCUT2D eigenvalue weighted by Gasteiger charge is -2.23. The highest BCUT2D eigenvalue weighted by Gasteiger charge is 2.17. The van der Waals surface area contributed by atoms with E-state index < -0.39 is 0 Å². The summed E-state index contributed by atoms with van der Waals surface area (Å²) in [4.78, 5) is 46.7. The number of rotatable bonds is 8. The Hall–Kier alpha value is -4.26. The predicted molar refractivity (Wildman–Crippen MR) is 126 cm³/mol. The fourth-order valence-corrected chi connectivity index (χ4v) is 3.56. The Labute approximate surface area is 191 Å². The highest BCUT2D eigenvalue weighted by molar-refractivity contribution is 5.94. The molecule has 33 heavy (non-hydrogen) atoms. The Morgan fingerprint density at radius 1 is 0.848 bits per heavy atom. The maximum atomic E-state index is 13.1. The Morgan fingerprint density at radius 3 is 2.27 bits per heavy atom. The van der Waals surface area contributed by atoms with Crippen molar-refractivity contribution in [2.45, 2.75) is 19.5 Å². The summed E-state index contributed by atoms with van der Waals surface area (Å²) in [6.45, 7) is 0.725. The van der Waals surface area contributed by atoms with E-state index in [0.717, 1.165) is 5.56 Å². The number of aromatic nitrogens is 2. The molecule has 0 saturated heterocycles. The van der Waals surface area contributed by atoms with Gasteiger partial charge in [0.1, 0.15) is 5.82 Å². The quantitative estimate of drug-likeness (QED) is 0.440. The zero-order valence-electron chi connectivity index (χ0n) is 18.0. The van der Waals surface area contributed by atoms with Crippen LogP contribution in [0.1, 0.15) is 28.2 Å². The van der Waals surface area contributed by atoms with E-state index in [0.29, 0.717) is 28.8 Å². The molecule has 0 radical (unpaired) electrons. The molecule has 1 aromatic heterocycles. The summed E-state index contributed by atoms with van der Waals surface area (Å²) in [6, 6.07) is 25.6. The molecule has 0 saturated carbocycles. The lowest BCUT2D eigenvalue weighted by Crippen LogP contribution is -2.35. The summed E-state index contributed by atoms with van der Waals surface area (Å²) in [5.41, 5.74) is 1.85. The van der Waals surface area contributed by atoms with Gasteiger partial charge < -0.3 is 15.2 Å². The molecule has 2 N–H and O–H groups in total. The number of carbonyl (C=O) groups excluding carboxylic acids is 2. The number of benzene rings is 3. The smallest absolute Gasteiger partial charge is 0.258 e. The molecule has 7 nitrogen and oxygen atoms in total. The minimum atomic E-state index is -0.238. The maximum absolute atomic E-state index is 13.1. The van der Waals surface area contributed by atoms with Gasteiger partial charge in [-0.2, -0.15) is 0 Å². The van der Waals surface area contributed by atoms with Gasteiger partial charge in [0.2, 0.25) is 5.91 Å². The highest BCUT2D eigenvalue weighted by Crippen LogP contribution is 2.11. The van der Waals surface area contributed by atoms with Crippen LogP contribution in [0.5, 0.6) is 0 Å². The van der Waals surface area contributed by atoms with Crippen LogP contribution in [0.15, 0.2) is 89.7 Å². The van der Waals surface area contributed by atoms with Crippen molar-refractivity contribution in [3.8, 4) is 0 Å². The van der Waals surface area contributed by atoms with Crippen molar-refractivity contribution in [2.24, 2.45) is 0 Å². The van der Waals surface area contributed by atoms with Crippen molar-refractivity contribution < 1.29 is 9.59 Å². The van der Waals surface area contributed by atoms with E-state index in [1.54, 1.807) is 47.4 Å². The van der Waals surface area contributed by atoms with Gasteiger partial charge in [0.25, 0.3) is 11.5 Å². The van der Waals surface area contributed by atoms with E-state index in [2.05, 4.69) is 15.3 Å². The second kappa shape index (κ2) is 10.4. The minimum Gasteiger partial charge on any atom is -0.352 e. The fourth-order valence-electron chi connectivity index (χ4n) is 3.56. The largest absolute Gasteiger partial charge is 0.352 e. The zero-order chi connectivity index (χ0) is 23.0. The van der Waals surface area contributed by atoms with Gasteiger partial charge >= 0.3 is 0 Å². The van der Waals surface area contributed by atoms with E-state index in [1.165, 1.54) is 0 Å². The van der Waals surface area contributed by atoms with Crippen LogP contribution < -0.4 is 10.9 Å². The molecule has 4 aromatic rings. The number of hydrogen-bond acceptors (Lipinski definition) is 4. The predicted octanol–water partition coefficient (Wildman–Crippen LogP) is 3.27. The first-order valence-electron chi connectivity index (χ1n) is 10.7. The van der Waals surface area contributed by atoms with Crippen LogP contribution in [0.3, 0.4) is 0 Å². The van der Waals surface area contributed by atoms with Crippen LogP contribution in [-0.4, -0.2) is 33.2 Å². The highest BCUT2D eigenvalue weighted by atomic mass is 16.2. The van der Waals surface area contributed by atoms with Gasteiger partial charge in [-0.3, -0.25) is 14.4 Å². The summed E-state index contributed by atoms with van der Waals surface area (Å²) in [5.74, 6) is 0.0397. The molecule has 2 amide bonds. The Kier molecular flexibility index (Phi) is 6.90. The van der Waals surface area contributed by atoms with E-state index in [-0.39, 0.29) is 36.9 Å². The van der Waals surface area contributed by atoms with Crippen molar-refractivity contribution in [2.75, 3.05) is 6.54 Å². The van der Waals surface area contributed by atoms with Crippen molar-refractivity contribution in [3.05, 3.63) is 112 Å². The van der Waals surface area contributed by atoms with E-state index >= 15 is 0 Å². The number of nitrogens with zero attached hydrogens (tertiary/aromatic N) is 2. The SMILES string of the molecule is O=C(NCCC(=O)N(Cc1ccccc1)Cc1nc2ccccc2c(=O)[nH]1)c1ccccc1. The van der Waals surface area contributed by atoms with Crippen LogP contribution in [-0.2, 0) is 17.9 Å². The Bertz CT molecular complexity index is 1300. The molecule has 0 bridgehead atoms. The summed E-state index contributed by atoms with van der Waals surface area (Å²) >= 11 is 0. The van der Waals surface area contributed by atoms with Gasteiger partial charge in [0.15, 0.2) is 0 Å². The van der Waals surface area contributed by atoms with Gasteiger partial charge in [0.05, 0.1) is 17.4 Å². The Morgan fingerprint density at radius 2 is 1.52 bits per heavy atom. The minimum absolute atomic E-state index is 0.128. The number of nitrogens with one attached hydrogen (secondary N) is 2. The third-order valence-corrected chi connectivity index (χ3v) is 5.23. The number of hydrogen-bond donors (Lipinski definition) is 2. The topological polar surface area (TPSA) is 95.2 Å². The van der Waals surface area contributed by atoms with Crippen LogP contribution >= 0.6 is 0 Å². The molecule has 0 fully saturated rings. The Balaban J connectivity index is 1.48. The van der Waals surface area contributed by atoms with Crippen molar-refractivity contribution in [1.29, 1.82) is 0 Å². The standard InChI is InChI=1S/C26H24N4O3/c31-24(15-16-27-25(32)20-11-5-2-6-12-20)30(17-19-9-3-1-4-10-19)18-23-28-22-14-8-7-13-21(22)26(33)29-23/h1-14H,15-18H2,(H,27,32)(H,28,29,33). The average molecular weight is 441 g/mol. The number of H-pyrrole nitrogens is 1. The van der Waals surface area contributed by atoms with Gasteiger partial charge in [0, 0.05) is 25.1 Å². The molecule has 1 heterocycles. The number of aromatic amines is 1. The number of carbonyl (C=O) groups is 2. The van der Waals surface area contributed by atoms with Crippen molar-refractivity contribution in [3.63, 3.8) is 0 Å². The first-order valence-corrected chi connectivity index (χ1v) is 10.7. The molecule has 7 heteroatoms. The third-order valence-electron chi connectivity index (χ3n) is 5.23. The third kappa shape index (κ3) is 5.71. The maximum Gasteiger partial charge on any atom is 0.258 e. The first-order chi connectivity index (χ1) is 16.1. The van der Waals surface area contributed by atoms with Gasteiger partial charge in [-0.15, -0.1) is 0 Å². The summed E-state index contributed by atoms with van der Waals surface area (Å²) in [7, 11) is 0. The number of amides is 2. The zero-order valence-corrected chi connectivity index (χ0v) is 18.0. The molecule has 0 aliphatic carbocycles. The van der Waals surface area contributed by atoms with Crippen molar-refractivity contribution >= 4 is 22.7 Å². The lowest BCUT2D eigenvalue weighted by molar-refractivity contribution is -0.132. The molecule has 0 unspecified atom stereocenters. The molecule has 0 spiro atoms. The molecule has 0 aliphatic rings. The molecular formula is C26H24N4O3. The molecule has 4 rings (SSSR count). The van der Waals surface area contributed by atoms with Gasteiger partial charge in [-0.05, 0) is 29.8 Å². The first kappa shape index (κ1) is 22.0. The second-order valence-corrected chi connectivity index (χ2v) is 7.64. The lowest BCUT2D eigenvalue weighted by atomic mass is 10.2. The van der Waals surface area contributed by atoms with Gasteiger partial charge in [-0.25, -0.2) is 4.98 Å². The number of fused-ring (bicyclic) bond motifs is 1. The van der Waals surface area contributed by atoms with Crippen LogP contribution in [0.25, 0.3) is 10.9 Å². The van der Waals surface area contributed by atoms with Crippen LogP contribution in [0, 0.1) is 0 Å². The summed E-state index contributed by atoms with van der Waals surface area (Å²) < 4.78 is 0. The summed E-state index contributed by atoms with van der Waals surface area (Å²) in [5, 5.41) is 3.29. The molecule has 0 aliphatic heterocycles. The molecule has 166 valence electrons. The van der Waals surface area contributed by atoms with Crippen LogP contribution in [0.4, 0.5) is 0 Å². The van der Waals surface area contributed by atoms with E-state index in [9.17, 15) is 14.4 Å². The fraction of sp³-hybridized carbons (Fsp3) is 0.154. The van der Waals surface area contributed by atoms with Crippen LogP contribution in [0.2, 0.25) is 0 Å². The van der Waals surface area contributed by atoms with E-state index in [1.807, 2.05) is 42.5 Å². The molecular weight excluding hydrogens is 416 g/mol. The second-order valence-electron chi connectivity index (χ2n) is 7.64. The van der Waals surface area contributed by atoms with Crippen molar-refractivity contribution in [1.82, 2.24) is 20.2 Å².